The number of non-ortho nitro benzene ring substituents is 1. The maximum atomic E-state index is 12.8. The molecule has 0 spiro atoms. The summed E-state index contributed by atoms with van der Waals surface area (Å²) in [5.41, 5.74) is 1.01. The average Bonchev–Trinajstić information content (AvgIpc) is 3.48. The van der Waals surface area contributed by atoms with Crippen LogP contribution in [-0.2, 0) is 16.2 Å². The Balaban J connectivity index is 1.49. The van der Waals surface area contributed by atoms with E-state index in [0.717, 1.165) is 29.5 Å². The highest BCUT2D eigenvalue weighted by atomic mass is 35.5. The van der Waals surface area contributed by atoms with Crippen LogP contribution in [0.1, 0.15) is 24.0 Å². The Morgan fingerprint density at radius 1 is 1.22 bits per heavy atom. The van der Waals surface area contributed by atoms with Gasteiger partial charge in [0.05, 0.1) is 22.0 Å². The molecule has 0 N–H and O–H groups in total. The fourth-order valence-electron chi connectivity index (χ4n) is 3.87. The molecule has 0 aliphatic carbocycles. The second-order valence-corrected chi connectivity index (χ2v) is 9.51. The van der Waals surface area contributed by atoms with Gasteiger partial charge in [-0.25, -0.2) is 0 Å². The minimum absolute atomic E-state index is 0.0149. The summed E-state index contributed by atoms with van der Waals surface area (Å²) in [6.07, 6.45) is 3.34. The molecule has 2 aliphatic rings. The molecule has 0 unspecified atom stereocenters. The summed E-state index contributed by atoms with van der Waals surface area (Å²) in [7, 11) is 1.42. The van der Waals surface area contributed by atoms with Gasteiger partial charge in [-0.1, -0.05) is 23.7 Å². The predicted molar refractivity (Wildman–Crippen MR) is 134 cm³/mol. The maximum absolute atomic E-state index is 12.8. The van der Waals surface area contributed by atoms with E-state index in [0.29, 0.717) is 24.2 Å². The Kier molecular flexibility index (Phi) is 7.80. The molecule has 0 bridgehead atoms. The van der Waals surface area contributed by atoms with Crippen LogP contribution in [0.4, 0.5) is 10.5 Å². The first-order chi connectivity index (χ1) is 17.3. The second kappa shape index (κ2) is 11.0. The molecule has 4 rings (SSSR count). The third kappa shape index (κ3) is 5.63. The van der Waals surface area contributed by atoms with Gasteiger partial charge < -0.3 is 14.4 Å². The number of hydrogen-bond donors (Lipinski definition) is 0. The minimum Gasteiger partial charge on any atom is -0.493 e. The van der Waals surface area contributed by atoms with E-state index in [9.17, 15) is 24.5 Å². The van der Waals surface area contributed by atoms with Crippen LogP contribution < -0.4 is 9.47 Å². The highest BCUT2D eigenvalue weighted by Gasteiger charge is 2.37. The largest absolute Gasteiger partial charge is 0.493 e. The number of carbonyl (C=O) groups excluding carboxylic acids is 3. The zero-order valence-corrected chi connectivity index (χ0v) is 20.8. The number of benzene rings is 2. The standard InChI is InChI=1S/C24H22ClN3O7S/c1-34-19-11-16(10-18(25)22(19)35-14-15-5-4-6-17(9-15)28(32)33)12-20-23(30)27(24(31)36-20)13-21(29)26-7-2-3-8-26/h4-6,9-12H,2-3,7-8,13-14H2,1H3/b20-12-. The van der Waals surface area contributed by atoms with Crippen LogP contribution in [0.25, 0.3) is 6.08 Å². The summed E-state index contributed by atoms with van der Waals surface area (Å²) < 4.78 is 11.2. The third-order valence-electron chi connectivity index (χ3n) is 5.68. The Hall–Kier alpha value is -3.57. The first-order valence-corrected chi connectivity index (χ1v) is 12.2. The Morgan fingerprint density at radius 3 is 2.67 bits per heavy atom. The van der Waals surface area contributed by atoms with E-state index >= 15 is 0 Å². The van der Waals surface area contributed by atoms with Crippen LogP contribution in [-0.4, -0.2) is 58.5 Å². The fourth-order valence-corrected chi connectivity index (χ4v) is 4.98. The molecule has 188 valence electrons. The van der Waals surface area contributed by atoms with Gasteiger partial charge in [-0.2, -0.15) is 0 Å². The first kappa shape index (κ1) is 25.5. The summed E-state index contributed by atoms with van der Waals surface area (Å²) in [6.45, 7) is 1.01. The van der Waals surface area contributed by atoms with Gasteiger partial charge >= 0.3 is 0 Å². The van der Waals surface area contributed by atoms with Crippen molar-refractivity contribution in [3.05, 3.63) is 67.6 Å². The molecule has 2 fully saturated rings. The fraction of sp³-hybridized carbons (Fsp3) is 0.292. The maximum Gasteiger partial charge on any atom is 0.294 e. The van der Waals surface area contributed by atoms with E-state index in [2.05, 4.69) is 0 Å². The number of hydrogen-bond acceptors (Lipinski definition) is 8. The van der Waals surface area contributed by atoms with Crippen LogP contribution in [0.2, 0.25) is 5.02 Å². The quantitative estimate of drug-likeness (QED) is 0.277. The zero-order valence-electron chi connectivity index (χ0n) is 19.3. The van der Waals surface area contributed by atoms with Crippen LogP contribution >= 0.6 is 23.4 Å². The second-order valence-electron chi connectivity index (χ2n) is 8.11. The number of ether oxygens (including phenoxy) is 2. The van der Waals surface area contributed by atoms with Crippen LogP contribution in [0.5, 0.6) is 11.5 Å². The number of nitro groups is 1. The van der Waals surface area contributed by atoms with Gasteiger partial charge in [-0.3, -0.25) is 29.4 Å². The molecule has 0 atom stereocenters. The number of nitro benzene ring substituents is 1. The van der Waals surface area contributed by atoms with Gasteiger partial charge in [0.25, 0.3) is 16.8 Å². The number of imide groups is 1. The number of carbonyl (C=O) groups is 3. The van der Waals surface area contributed by atoms with Gasteiger partial charge in [0.1, 0.15) is 13.2 Å². The Bertz CT molecular complexity index is 1260. The molecule has 2 aromatic carbocycles. The molecule has 10 nitrogen and oxygen atoms in total. The molecule has 2 aliphatic heterocycles. The topological polar surface area (TPSA) is 119 Å². The van der Waals surface area contributed by atoms with E-state index in [1.165, 1.54) is 25.3 Å². The Labute approximate surface area is 215 Å². The number of likely N-dealkylation sites (tertiary alicyclic amines) is 1. The van der Waals surface area contributed by atoms with Crippen molar-refractivity contribution in [2.24, 2.45) is 0 Å². The first-order valence-electron chi connectivity index (χ1n) is 11.0. The van der Waals surface area contributed by atoms with Crippen molar-refractivity contribution >= 4 is 52.2 Å². The monoisotopic (exact) mass is 531 g/mol. The van der Waals surface area contributed by atoms with Crippen molar-refractivity contribution < 1.29 is 28.8 Å². The van der Waals surface area contributed by atoms with Crippen molar-refractivity contribution in [2.75, 3.05) is 26.7 Å². The number of thioether (sulfide) groups is 1. The van der Waals surface area contributed by atoms with E-state index in [1.54, 1.807) is 29.2 Å². The van der Waals surface area contributed by atoms with E-state index < -0.39 is 16.1 Å². The number of rotatable bonds is 8. The highest BCUT2D eigenvalue weighted by Crippen LogP contribution is 2.39. The minimum atomic E-state index is -0.543. The molecular formula is C24H22ClN3O7S. The molecule has 2 heterocycles. The molecule has 36 heavy (non-hydrogen) atoms. The van der Waals surface area contributed by atoms with Gasteiger partial charge in [0.15, 0.2) is 11.5 Å². The average molecular weight is 532 g/mol. The molecule has 2 saturated heterocycles. The summed E-state index contributed by atoms with van der Waals surface area (Å²) in [6, 6.07) is 9.18. The lowest BCUT2D eigenvalue weighted by atomic mass is 10.1. The van der Waals surface area contributed by atoms with Crippen LogP contribution in [0, 0.1) is 10.1 Å². The van der Waals surface area contributed by atoms with E-state index in [1.807, 2.05) is 0 Å². The lowest BCUT2D eigenvalue weighted by Gasteiger charge is -2.18. The number of halogens is 1. The normalized spacial score (nSPS) is 16.7. The summed E-state index contributed by atoms with van der Waals surface area (Å²) in [5.74, 6) is -0.278. The summed E-state index contributed by atoms with van der Waals surface area (Å²) in [5, 5.41) is 10.7. The number of amides is 3. The lowest BCUT2D eigenvalue weighted by Crippen LogP contribution is -2.40. The SMILES string of the molecule is COc1cc(/C=C2\SC(=O)N(CC(=O)N3CCCC3)C2=O)cc(Cl)c1OCc1cccc([N+](=O)[O-])c1. The van der Waals surface area contributed by atoms with Crippen LogP contribution in [0.3, 0.4) is 0 Å². The smallest absolute Gasteiger partial charge is 0.294 e. The predicted octanol–water partition coefficient (Wildman–Crippen LogP) is 4.49. The molecule has 2 aromatic rings. The molecule has 0 aromatic heterocycles. The van der Waals surface area contributed by atoms with Crippen molar-refractivity contribution in [3.63, 3.8) is 0 Å². The Morgan fingerprint density at radius 2 is 1.97 bits per heavy atom. The lowest BCUT2D eigenvalue weighted by molar-refractivity contribution is -0.384. The molecular weight excluding hydrogens is 510 g/mol. The molecule has 0 radical (unpaired) electrons. The van der Waals surface area contributed by atoms with Crippen molar-refractivity contribution in [3.8, 4) is 11.5 Å². The molecule has 12 heteroatoms. The van der Waals surface area contributed by atoms with E-state index in [4.69, 9.17) is 21.1 Å². The van der Waals surface area contributed by atoms with Crippen molar-refractivity contribution in [2.45, 2.75) is 19.4 Å². The van der Waals surface area contributed by atoms with Gasteiger partial charge in [-0.15, -0.1) is 0 Å². The molecule has 3 amide bonds. The van der Waals surface area contributed by atoms with Crippen molar-refractivity contribution in [1.82, 2.24) is 9.80 Å². The highest BCUT2D eigenvalue weighted by molar-refractivity contribution is 8.18. The van der Waals surface area contributed by atoms with Gasteiger partial charge in [-0.05, 0) is 53.9 Å². The third-order valence-corrected chi connectivity index (χ3v) is 6.87. The summed E-state index contributed by atoms with van der Waals surface area (Å²) in [4.78, 5) is 50.9. The van der Waals surface area contributed by atoms with Gasteiger partial charge in [0, 0.05) is 25.2 Å². The zero-order chi connectivity index (χ0) is 25.8. The van der Waals surface area contributed by atoms with Crippen LogP contribution in [0.15, 0.2) is 41.3 Å². The van der Waals surface area contributed by atoms with Crippen molar-refractivity contribution in [1.29, 1.82) is 0 Å². The number of methoxy groups -OCH3 is 1. The summed E-state index contributed by atoms with van der Waals surface area (Å²) >= 11 is 7.17. The van der Waals surface area contributed by atoms with Gasteiger partial charge in [0.2, 0.25) is 5.91 Å². The molecule has 0 saturated carbocycles. The van der Waals surface area contributed by atoms with E-state index in [-0.39, 0.29) is 46.2 Å². The number of nitrogens with zero attached hydrogens (tertiary/aromatic N) is 3.